The van der Waals surface area contributed by atoms with Gasteiger partial charge in [0.1, 0.15) is 0 Å². The van der Waals surface area contributed by atoms with E-state index < -0.39 is 0 Å². The van der Waals surface area contributed by atoms with Gasteiger partial charge in [0.05, 0.1) is 26.1 Å². The molecule has 0 aromatic heterocycles. The fraction of sp³-hybridized carbons (Fsp3) is 0.938. The molecule has 222 valence electrons. The molecule has 2 fully saturated rings. The van der Waals surface area contributed by atoms with Gasteiger partial charge in [-0.25, -0.2) is 0 Å². The molecule has 2 rings (SSSR count). The standard InChI is InChI=1S/C32H60N2O4/c1-7-32(5,6)18-26-38-30(36)16-24-34-21-13-28(14-22-34)10-8-9-27-11-19-33(20-12-27)23-15-29(35)37-25-17-31(2,3)4/h27-28H,7-26H2,1-6H3. The van der Waals surface area contributed by atoms with Crippen molar-refractivity contribution in [3.05, 3.63) is 0 Å². The van der Waals surface area contributed by atoms with E-state index in [1.54, 1.807) is 0 Å². The summed E-state index contributed by atoms with van der Waals surface area (Å²) in [6.45, 7) is 20.4. The van der Waals surface area contributed by atoms with E-state index >= 15 is 0 Å². The lowest BCUT2D eigenvalue weighted by molar-refractivity contribution is -0.145. The molecule has 0 atom stereocenters. The van der Waals surface area contributed by atoms with E-state index in [2.05, 4.69) is 51.3 Å². The predicted molar refractivity (Wildman–Crippen MR) is 156 cm³/mol. The summed E-state index contributed by atoms with van der Waals surface area (Å²) in [6, 6.07) is 0. The van der Waals surface area contributed by atoms with Crippen LogP contribution in [-0.4, -0.2) is 74.2 Å². The van der Waals surface area contributed by atoms with Crippen molar-refractivity contribution in [1.29, 1.82) is 0 Å². The Balaban J connectivity index is 1.46. The van der Waals surface area contributed by atoms with Gasteiger partial charge >= 0.3 is 11.9 Å². The Morgan fingerprint density at radius 1 is 0.711 bits per heavy atom. The van der Waals surface area contributed by atoms with Crippen molar-refractivity contribution >= 4 is 11.9 Å². The Bertz CT molecular complexity index is 671. The first kappa shape index (κ1) is 33.1. The van der Waals surface area contributed by atoms with Crippen molar-refractivity contribution in [2.75, 3.05) is 52.5 Å². The van der Waals surface area contributed by atoms with Crippen LogP contribution in [-0.2, 0) is 19.1 Å². The van der Waals surface area contributed by atoms with Crippen LogP contribution in [0.4, 0.5) is 0 Å². The van der Waals surface area contributed by atoms with Crippen molar-refractivity contribution in [2.24, 2.45) is 22.7 Å². The SMILES string of the molecule is CCC(C)(C)CCOC(=O)CCN1CCC(CCCC2CCN(CCC(=O)OCCC(C)(C)C)CC2)CC1. The molecule has 0 aliphatic carbocycles. The summed E-state index contributed by atoms with van der Waals surface area (Å²) in [5.41, 5.74) is 0.463. The molecule has 0 aromatic carbocycles. The summed E-state index contributed by atoms with van der Waals surface area (Å²) in [7, 11) is 0. The smallest absolute Gasteiger partial charge is 0.307 e. The van der Waals surface area contributed by atoms with Gasteiger partial charge in [0.2, 0.25) is 0 Å². The van der Waals surface area contributed by atoms with Gasteiger partial charge in [0.15, 0.2) is 0 Å². The summed E-state index contributed by atoms with van der Waals surface area (Å²) in [4.78, 5) is 29.0. The number of carbonyl (C=O) groups excluding carboxylic acids is 2. The van der Waals surface area contributed by atoms with Crippen LogP contribution in [0.3, 0.4) is 0 Å². The van der Waals surface area contributed by atoms with E-state index in [9.17, 15) is 9.59 Å². The van der Waals surface area contributed by atoms with Gasteiger partial charge in [0, 0.05) is 13.1 Å². The van der Waals surface area contributed by atoms with E-state index in [0.29, 0.717) is 26.1 Å². The fourth-order valence-corrected chi connectivity index (χ4v) is 5.42. The van der Waals surface area contributed by atoms with E-state index in [1.165, 1.54) is 44.9 Å². The van der Waals surface area contributed by atoms with Crippen molar-refractivity contribution in [3.63, 3.8) is 0 Å². The first-order chi connectivity index (χ1) is 18.0. The highest BCUT2D eigenvalue weighted by Gasteiger charge is 2.23. The van der Waals surface area contributed by atoms with Gasteiger partial charge < -0.3 is 19.3 Å². The highest BCUT2D eigenvalue weighted by Crippen LogP contribution is 2.28. The average Bonchev–Trinajstić information content (AvgIpc) is 2.87. The van der Waals surface area contributed by atoms with Gasteiger partial charge in [-0.05, 0) is 87.4 Å². The quantitative estimate of drug-likeness (QED) is 0.204. The van der Waals surface area contributed by atoms with Crippen LogP contribution >= 0.6 is 0 Å². The Morgan fingerprint density at radius 3 is 1.53 bits per heavy atom. The minimum absolute atomic E-state index is 0.0406. The molecule has 0 amide bonds. The lowest BCUT2D eigenvalue weighted by Gasteiger charge is -2.33. The molecular formula is C32H60N2O4. The molecule has 2 aliphatic heterocycles. The van der Waals surface area contributed by atoms with Gasteiger partial charge in [-0.3, -0.25) is 9.59 Å². The van der Waals surface area contributed by atoms with Crippen LogP contribution in [0.2, 0.25) is 0 Å². The maximum absolute atomic E-state index is 12.1. The largest absolute Gasteiger partial charge is 0.466 e. The molecule has 0 radical (unpaired) electrons. The van der Waals surface area contributed by atoms with E-state index in [1.807, 2.05) is 0 Å². The number of piperidine rings is 2. The van der Waals surface area contributed by atoms with Gasteiger partial charge in [-0.15, -0.1) is 0 Å². The monoisotopic (exact) mass is 536 g/mol. The summed E-state index contributed by atoms with van der Waals surface area (Å²) in [5, 5.41) is 0. The van der Waals surface area contributed by atoms with E-state index in [4.69, 9.17) is 9.47 Å². The molecule has 2 heterocycles. The zero-order valence-electron chi connectivity index (χ0n) is 25.8. The molecule has 2 saturated heterocycles. The summed E-state index contributed by atoms with van der Waals surface area (Å²) < 4.78 is 10.9. The number of rotatable bonds is 16. The van der Waals surface area contributed by atoms with Crippen molar-refractivity contribution in [1.82, 2.24) is 9.80 Å². The van der Waals surface area contributed by atoms with E-state index in [-0.39, 0.29) is 22.8 Å². The second kappa shape index (κ2) is 16.8. The van der Waals surface area contributed by atoms with Crippen molar-refractivity contribution in [3.8, 4) is 0 Å². The molecule has 0 bridgehead atoms. The molecular weight excluding hydrogens is 476 g/mol. The van der Waals surface area contributed by atoms with Crippen LogP contribution in [0.15, 0.2) is 0 Å². The average molecular weight is 537 g/mol. The maximum atomic E-state index is 12.1. The minimum atomic E-state index is -0.0473. The Kier molecular flexibility index (Phi) is 14.7. The number of ether oxygens (including phenoxy) is 2. The number of nitrogens with zero attached hydrogens (tertiary/aromatic N) is 2. The molecule has 0 N–H and O–H groups in total. The number of carbonyl (C=O) groups is 2. The Morgan fingerprint density at radius 2 is 1.13 bits per heavy atom. The second-order valence-electron chi connectivity index (χ2n) is 14.0. The number of hydrogen-bond donors (Lipinski definition) is 0. The van der Waals surface area contributed by atoms with Gasteiger partial charge in [-0.2, -0.15) is 0 Å². The van der Waals surface area contributed by atoms with Crippen LogP contribution in [0.5, 0.6) is 0 Å². The van der Waals surface area contributed by atoms with Crippen LogP contribution in [0.25, 0.3) is 0 Å². The first-order valence-corrected chi connectivity index (χ1v) is 15.7. The van der Waals surface area contributed by atoms with Crippen LogP contribution in [0.1, 0.15) is 119 Å². The Labute approximate surface area is 234 Å². The molecule has 2 aliphatic rings. The number of esters is 2. The zero-order chi connectivity index (χ0) is 28.0. The second-order valence-corrected chi connectivity index (χ2v) is 14.0. The molecule has 0 saturated carbocycles. The van der Waals surface area contributed by atoms with E-state index in [0.717, 1.165) is 70.4 Å². The maximum Gasteiger partial charge on any atom is 0.307 e. The molecule has 38 heavy (non-hydrogen) atoms. The third kappa shape index (κ3) is 14.9. The van der Waals surface area contributed by atoms with Crippen molar-refractivity contribution < 1.29 is 19.1 Å². The highest BCUT2D eigenvalue weighted by atomic mass is 16.5. The number of likely N-dealkylation sites (tertiary alicyclic amines) is 2. The van der Waals surface area contributed by atoms with Gasteiger partial charge in [0.25, 0.3) is 0 Å². The minimum Gasteiger partial charge on any atom is -0.466 e. The molecule has 6 nitrogen and oxygen atoms in total. The topological polar surface area (TPSA) is 59.1 Å². The van der Waals surface area contributed by atoms with Crippen molar-refractivity contribution in [2.45, 2.75) is 119 Å². The van der Waals surface area contributed by atoms with Gasteiger partial charge in [-0.1, -0.05) is 67.2 Å². The normalized spacial score (nSPS) is 19.0. The third-order valence-corrected chi connectivity index (χ3v) is 9.02. The first-order valence-electron chi connectivity index (χ1n) is 15.7. The fourth-order valence-electron chi connectivity index (χ4n) is 5.42. The third-order valence-electron chi connectivity index (χ3n) is 9.02. The predicted octanol–water partition coefficient (Wildman–Crippen LogP) is 6.71. The summed E-state index contributed by atoms with van der Waals surface area (Å²) >= 11 is 0. The summed E-state index contributed by atoms with van der Waals surface area (Å²) in [5.74, 6) is 1.60. The Hall–Kier alpha value is -1.14. The molecule has 6 heteroatoms. The van der Waals surface area contributed by atoms with Crippen LogP contribution in [0, 0.1) is 22.7 Å². The van der Waals surface area contributed by atoms with Crippen LogP contribution < -0.4 is 0 Å². The molecule has 0 aromatic rings. The number of hydrogen-bond acceptors (Lipinski definition) is 6. The highest BCUT2D eigenvalue weighted by molar-refractivity contribution is 5.69. The lowest BCUT2D eigenvalue weighted by atomic mass is 9.87. The molecule has 0 unspecified atom stereocenters. The zero-order valence-corrected chi connectivity index (χ0v) is 25.8. The molecule has 0 spiro atoms. The summed E-state index contributed by atoms with van der Waals surface area (Å²) in [6.07, 6.45) is 13.1. The lowest BCUT2D eigenvalue weighted by Crippen LogP contribution is -2.36.